The molecule has 2 aromatic carbocycles. The monoisotopic (exact) mass is 309 g/mol. The van der Waals surface area contributed by atoms with Gasteiger partial charge in [0, 0.05) is 17.0 Å². The smallest absolute Gasteiger partial charge is 0.0461 e. The van der Waals surface area contributed by atoms with E-state index < -0.39 is 0 Å². The van der Waals surface area contributed by atoms with Crippen molar-refractivity contribution in [3.8, 4) is 0 Å². The van der Waals surface area contributed by atoms with Crippen LogP contribution < -0.4 is 0 Å². The number of aromatic amines is 1. The van der Waals surface area contributed by atoms with Gasteiger partial charge in [-0.05, 0) is 35.3 Å². The molecule has 0 spiro atoms. The van der Waals surface area contributed by atoms with Crippen molar-refractivity contribution in [3.63, 3.8) is 0 Å². The normalized spacial score (nSPS) is 13.2. The van der Waals surface area contributed by atoms with Gasteiger partial charge >= 0.3 is 0 Å². The highest BCUT2D eigenvalue weighted by Crippen LogP contribution is 2.29. The second kappa shape index (κ2) is 6.59. The van der Waals surface area contributed by atoms with Gasteiger partial charge in [0.05, 0.1) is 0 Å². The molecule has 1 heterocycles. The van der Waals surface area contributed by atoms with Crippen molar-refractivity contribution < 1.29 is 0 Å². The molecule has 24 heavy (non-hydrogen) atoms. The minimum absolute atomic E-state index is 0.999. The number of allylic oxidation sites excluding steroid dienone is 1. The van der Waals surface area contributed by atoms with E-state index in [9.17, 15) is 0 Å². The standard InChI is InChI=1S/C23H19N/c1-3-8-18(9-4-1)14-16-21-20-12-7-13-22(20)24-23(21)17-15-19-10-5-2-6-11-19/h1-11,13-17,24H,12H2/b16-14+,17-15+. The lowest BCUT2D eigenvalue weighted by Gasteiger charge is -1.98. The zero-order valence-corrected chi connectivity index (χ0v) is 13.4. The molecule has 0 amide bonds. The first-order chi connectivity index (χ1) is 11.9. The van der Waals surface area contributed by atoms with Gasteiger partial charge < -0.3 is 4.98 Å². The number of nitrogens with one attached hydrogen (secondary N) is 1. The van der Waals surface area contributed by atoms with Crippen molar-refractivity contribution in [1.82, 2.24) is 4.98 Å². The molecule has 0 atom stereocenters. The summed E-state index contributed by atoms with van der Waals surface area (Å²) >= 11 is 0. The Morgan fingerprint density at radius 3 is 2.00 bits per heavy atom. The fourth-order valence-corrected chi connectivity index (χ4v) is 3.06. The second-order valence-corrected chi connectivity index (χ2v) is 5.94. The van der Waals surface area contributed by atoms with Crippen LogP contribution in [0.5, 0.6) is 0 Å². The van der Waals surface area contributed by atoms with Crippen LogP contribution in [0.15, 0.2) is 66.7 Å². The summed E-state index contributed by atoms with van der Waals surface area (Å²) in [6, 6.07) is 20.8. The second-order valence-electron chi connectivity index (χ2n) is 5.94. The molecule has 1 aliphatic rings. The Balaban J connectivity index is 1.68. The zero-order valence-electron chi connectivity index (χ0n) is 13.4. The molecule has 1 heteroatoms. The molecule has 0 bridgehead atoms. The van der Waals surface area contributed by atoms with E-state index in [1.165, 1.54) is 33.6 Å². The van der Waals surface area contributed by atoms with E-state index in [-0.39, 0.29) is 0 Å². The molecule has 4 rings (SSSR count). The Morgan fingerprint density at radius 2 is 1.33 bits per heavy atom. The van der Waals surface area contributed by atoms with Gasteiger partial charge in [0.1, 0.15) is 0 Å². The molecule has 0 aliphatic heterocycles. The van der Waals surface area contributed by atoms with Gasteiger partial charge in [0.25, 0.3) is 0 Å². The molecule has 116 valence electrons. The number of fused-ring (bicyclic) bond motifs is 1. The predicted molar refractivity (Wildman–Crippen MR) is 104 cm³/mol. The lowest BCUT2D eigenvalue weighted by Crippen LogP contribution is -1.82. The summed E-state index contributed by atoms with van der Waals surface area (Å²) < 4.78 is 0. The van der Waals surface area contributed by atoms with Gasteiger partial charge in [0.15, 0.2) is 0 Å². The number of rotatable bonds is 4. The van der Waals surface area contributed by atoms with Gasteiger partial charge in [-0.1, -0.05) is 85.0 Å². The minimum Gasteiger partial charge on any atom is -0.355 e. The van der Waals surface area contributed by atoms with E-state index in [1.807, 2.05) is 12.1 Å². The van der Waals surface area contributed by atoms with Crippen molar-refractivity contribution in [3.05, 3.63) is 100 Å². The Bertz CT molecular complexity index is 909. The van der Waals surface area contributed by atoms with E-state index in [2.05, 4.69) is 90.0 Å². The summed E-state index contributed by atoms with van der Waals surface area (Å²) in [5.41, 5.74) is 7.49. The number of hydrogen-bond donors (Lipinski definition) is 1. The first-order valence-corrected chi connectivity index (χ1v) is 8.28. The van der Waals surface area contributed by atoms with Crippen LogP contribution in [0.1, 0.15) is 33.6 Å². The molecule has 0 fully saturated rings. The molecular weight excluding hydrogens is 290 g/mol. The van der Waals surface area contributed by atoms with E-state index in [0.29, 0.717) is 0 Å². The van der Waals surface area contributed by atoms with Crippen LogP contribution in [0, 0.1) is 0 Å². The first kappa shape index (κ1) is 14.5. The van der Waals surface area contributed by atoms with Gasteiger partial charge in [-0.25, -0.2) is 0 Å². The highest BCUT2D eigenvalue weighted by Gasteiger charge is 2.14. The molecular formula is C23H19N. The van der Waals surface area contributed by atoms with Crippen molar-refractivity contribution >= 4 is 30.4 Å². The van der Waals surface area contributed by atoms with Crippen LogP contribution in [-0.4, -0.2) is 4.98 Å². The lowest BCUT2D eigenvalue weighted by molar-refractivity contribution is 1.30. The Kier molecular flexibility index (Phi) is 3.99. The largest absolute Gasteiger partial charge is 0.355 e. The molecule has 0 unspecified atom stereocenters. The van der Waals surface area contributed by atoms with Crippen LogP contribution >= 0.6 is 0 Å². The van der Waals surface area contributed by atoms with Gasteiger partial charge in [-0.15, -0.1) is 0 Å². The maximum atomic E-state index is 3.54. The lowest BCUT2D eigenvalue weighted by atomic mass is 10.1. The highest BCUT2D eigenvalue weighted by atomic mass is 14.7. The van der Waals surface area contributed by atoms with Crippen molar-refractivity contribution in [1.29, 1.82) is 0 Å². The zero-order chi connectivity index (χ0) is 16.2. The maximum absolute atomic E-state index is 3.54. The predicted octanol–water partition coefficient (Wildman–Crippen LogP) is 5.92. The van der Waals surface area contributed by atoms with Crippen LogP contribution in [-0.2, 0) is 6.42 Å². The number of aromatic nitrogens is 1. The molecule has 3 aromatic rings. The van der Waals surface area contributed by atoms with Gasteiger partial charge in [-0.2, -0.15) is 0 Å². The van der Waals surface area contributed by atoms with Gasteiger partial charge in [-0.3, -0.25) is 0 Å². The number of benzene rings is 2. The molecule has 0 radical (unpaired) electrons. The SMILES string of the molecule is C1=Cc2[nH]c(/C=C/c3ccccc3)c(/C=C/c3ccccc3)c2C1. The van der Waals surface area contributed by atoms with E-state index in [1.54, 1.807) is 0 Å². The topological polar surface area (TPSA) is 15.8 Å². The Morgan fingerprint density at radius 1 is 0.708 bits per heavy atom. The minimum atomic E-state index is 0.999. The molecule has 1 aromatic heterocycles. The van der Waals surface area contributed by atoms with Gasteiger partial charge in [0.2, 0.25) is 0 Å². The van der Waals surface area contributed by atoms with Crippen molar-refractivity contribution in [2.75, 3.05) is 0 Å². The summed E-state index contributed by atoms with van der Waals surface area (Å²) in [6.45, 7) is 0. The molecule has 0 saturated carbocycles. The summed E-state index contributed by atoms with van der Waals surface area (Å²) in [5.74, 6) is 0. The third-order valence-electron chi connectivity index (χ3n) is 4.30. The van der Waals surface area contributed by atoms with E-state index >= 15 is 0 Å². The number of H-pyrrole nitrogens is 1. The van der Waals surface area contributed by atoms with Crippen LogP contribution in [0.2, 0.25) is 0 Å². The molecule has 1 N–H and O–H groups in total. The summed E-state index contributed by atoms with van der Waals surface area (Å²) in [5, 5.41) is 0. The quantitative estimate of drug-likeness (QED) is 0.615. The Hall–Kier alpha value is -3.06. The fourth-order valence-electron chi connectivity index (χ4n) is 3.06. The van der Waals surface area contributed by atoms with E-state index in [0.717, 1.165) is 6.42 Å². The third-order valence-corrected chi connectivity index (χ3v) is 4.30. The molecule has 0 saturated heterocycles. The molecule has 1 nitrogen and oxygen atoms in total. The van der Waals surface area contributed by atoms with Crippen molar-refractivity contribution in [2.24, 2.45) is 0 Å². The summed E-state index contributed by atoms with van der Waals surface area (Å²) in [7, 11) is 0. The fraction of sp³-hybridized carbons (Fsp3) is 0.0435. The number of hydrogen-bond acceptors (Lipinski definition) is 0. The summed E-state index contributed by atoms with van der Waals surface area (Å²) in [6.07, 6.45) is 14.1. The average molecular weight is 309 g/mol. The maximum Gasteiger partial charge on any atom is 0.0461 e. The van der Waals surface area contributed by atoms with Crippen LogP contribution in [0.25, 0.3) is 30.4 Å². The Labute approximate surface area is 142 Å². The average Bonchev–Trinajstić information content (AvgIpc) is 3.21. The van der Waals surface area contributed by atoms with Crippen molar-refractivity contribution in [2.45, 2.75) is 6.42 Å². The van der Waals surface area contributed by atoms with Crippen LogP contribution in [0.3, 0.4) is 0 Å². The third kappa shape index (κ3) is 3.02. The molecule has 1 aliphatic carbocycles. The first-order valence-electron chi connectivity index (χ1n) is 8.28. The highest BCUT2D eigenvalue weighted by molar-refractivity contribution is 5.83. The van der Waals surface area contributed by atoms with Crippen LogP contribution in [0.4, 0.5) is 0 Å². The summed E-state index contributed by atoms with van der Waals surface area (Å²) in [4.78, 5) is 3.54. The van der Waals surface area contributed by atoms with E-state index in [4.69, 9.17) is 0 Å².